The lowest BCUT2D eigenvalue weighted by Gasteiger charge is -2.16. The number of hydrogen-bond acceptors (Lipinski definition) is 3. The summed E-state index contributed by atoms with van der Waals surface area (Å²) >= 11 is 0. The van der Waals surface area contributed by atoms with Gasteiger partial charge in [0.2, 0.25) is 0 Å². The molecule has 6 nitrogen and oxygen atoms in total. The van der Waals surface area contributed by atoms with Crippen LogP contribution in [0.5, 0.6) is 0 Å². The van der Waals surface area contributed by atoms with E-state index in [9.17, 15) is 4.79 Å². The van der Waals surface area contributed by atoms with Crippen molar-refractivity contribution in [2.24, 2.45) is 5.11 Å². The lowest BCUT2D eigenvalue weighted by atomic mass is 10.0. The van der Waals surface area contributed by atoms with Crippen LogP contribution in [0.15, 0.2) is 35.4 Å². The lowest BCUT2D eigenvalue weighted by molar-refractivity contribution is 0.176. The Labute approximate surface area is 91.8 Å². The van der Waals surface area contributed by atoms with Crippen molar-refractivity contribution in [1.29, 1.82) is 0 Å². The van der Waals surface area contributed by atoms with Crippen LogP contribution < -0.4 is 5.32 Å². The summed E-state index contributed by atoms with van der Waals surface area (Å²) in [6, 6.07) is 8.55. The molecule has 16 heavy (non-hydrogen) atoms. The van der Waals surface area contributed by atoms with E-state index in [1.165, 1.54) is 0 Å². The first-order valence-corrected chi connectivity index (χ1v) is 4.83. The van der Waals surface area contributed by atoms with E-state index < -0.39 is 12.1 Å². The fraction of sp³-hybridized carbons (Fsp3) is 0.300. The molecule has 0 aliphatic carbocycles. The maximum absolute atomic E-state index is 10.9. The predicted molar refractivity (Wildman–Crippen MR) is 56.6 cm³/mol. The highest BCUT2D eigenvalue weighted by molar-refractivity contribution is 5.69. The second kappa shape index (κ2) is 4.55. The number of hydrogen-bond donors (Lipinski definition) is 1. The number of amides is 1. The number of nitrogens with one attached hydrogen (secondary N) is 1. The molecule has 1 heterocycles. The molecular weight excluding hydrogens is 208 g/mol. The third kappa shape index (κ3) is 2.07. The summed E-state index contributed by atoms with van der Waals surface area (Å²) in [5.74, 6) is 0. The largest absolute Gasteiger partial charge is 0.447 e. The van der Waals surface area contributed by atoms with Gasteiger partial charge in [-0.25, -0.2) is 4.79 Å². The third-order valence-corrected chi connectivity index (χ3v) is 2.40. The summed E-state index contributed by atoms with van der Waals surface area (Å²) in [6.45, 7) is 0.220. The van der Waals surface area contributed by atoms with E-state index >= 15 is 0 Å². The summed E-state index contributed by atoms with van der Waals surface area (Å²) < 4.78 is 4.78. The number of ether oxygens (including phenoxy) is 1. The lowest BCUT2D eigenvalue weighted by Crippen LogP contribution is -2.31. The molecule has 1 aromatic carbocycles. The molecule has 1 fully saturated rings. The van der Waals surface area contributed by atoms with Crippen LogP contribution in [0, 0.1) is 0 Å². The number of carbonyl (C=O) groups excluding carboxylic acids is 1. The average Bonchev–Trinajstić information content (AvgIpc) is 2.74. The Kier molecular flexibility index (Phi) is 2.93. The van der Waals surface area contributed by atoms with Gasteiger partial charge in [-0.1, -0.05) is 35.4 Å². The number of azide groups is 1. The van der Waals surface area contributed by atoms with Crippen molar-refractivity contribution >= 4 is 6.09 Å². The van der Waals surface area contributed by atoms with Gasteiger partial charge in [0.25, 0.3) is 0 Å². The maximum Gasteiger partial charge on any atom is 0.407 e. The molecule has 0 radical (unpaired) electrons. The molecule has 0 spiro atoms. The zero-order valence-corrected chi connectivity index (χ0v) is 8.41. The normalized spacial score (nSPS) is 20.5. The van der Waals surface area contributed by atoms with Crippen LogP contribution in [0.25, 0.3) is 10.4 Å². The van der Waals surface area contributed by atoms with Crippen LogP contribution in [-0.2, 0) is 4.74 Å². The Morgan fingerprint density at radius 3 is 2.81 bits per heavy atom. The van der Waals surface area contributed by atoms with Crippen molar-refractivity contribution in [3.05, 3.63) is 46.3 Å². The summed E-state index contributed by atoms with van der Waals surface area (Å²) in [6.07, 6.45) is -0.473. The van der Waals surface area contributed by atoms with Crippen molar-refractivity contribution in [2.75, 3.05) is 6.61 Å². The Hall–Kier alpha value is -2.20. The number of rotatable bonds is 3. The molecule has 0 unspecified atom stereocenters. The van der Waals surface area contributed by atoms with Crippen molar-refractivity contribution in [3.8, 4) is 0 Å². The monoisotopic (exact) mass is 218 g/mol. The van der Waals surface area contributed by atoms with Crippen LogP contribution in [-0.4, -0.2) is 18.7 Å². The van der Waals surface area contributed by atoms with Gasteiger partial charge >= 0.3 is 6.09 Å². The van der Waals surface area contributed by atoms with E-state index in [0.717, 1.165) is 5.56 Å². The Bertz CT molecular complexity index is 428. The third-order valence-electron chi connectivity index (χ3n) is 2.40. The van der Waals surface area contributed by atoms with Crippen LogP contribution in [0.4, 0.5) is 4.79 Å². The van der Waals surface area contributed by atoms with Gasteiger partial charge in [-0.3, -0.25) is 0 Å². The minimum absolute atomic E-state index is 0.220. The first-order chi connectivity index (χ1) is 7.81. The van der Waals surface area contributed by atoms with Crippen LogP contribution in [0.1, 0.15) is 11.6 Å². The topological polar surface area (TPSA) is 87.1 Å². The number of benzene rings is 1. The van der Waals surface area contributed by atoms with Gasteiger partial charge in [-0.2, -0.15) is 0 Å². The molecule has 6 heteroatoms. The predicted octanol–water partition coefficient (Wildman–Crippen LogP) is 2.15. The first-order valence-electron chi connectivity index (χ1n) is 4.83. The molecule has 82 valence electrons. The molecule has 0 bridgehead atoms. The first kappa shape index (κ1) is 10.3. The van der Waals surface area contributed by atoms with Gasteiger partial charge in [0, 0.05) is 4.91 Å². The van der Waals surface area contributed by atoms with E-state index in [0.29, 0.717) is 0 Å². The number of alkyl carbamates (subject to hydrolysis) is 1. The summed E-state index contributed by atoms with van der Waals surface area (Å²) in [5.41, 5.74) is 9.39. The molecule has 1 N–H and O–H groups in total. The molecule has 2 rings (SSSR count). The minimum Gasteiger partial charge on any atom is -0.447 e. The highest BCUT2D eigenvalue weighted by atomic mass is 16.6. The van der Waals surface area contributed by atoms with Crippen molar-refractivity contribution in [3.63, 3.8) is 0 Å². The summed E-state index contributed by atoms with van der Waals surface area (Å²) in [4.78, 5) is 13.7. The highest BCUT2D eigenvalue weighted by Gasteiger charge is 2.30. The Balaban J connectivity index is 2.24. The maximum atomic E-state index is 10.9. The SMILES string of the molecule is [N-]=[N+]=N[C@@H](c1ccccc1)[C@H]1COC(=O)N1. The van der Waals surface area contributed by atoms with Crippen molar-refractivity contribution < 1.29 is 9.53 Å². The van der Waals surface area contributed by atoms with Crippen molar-refractivity contribution in [2.45, 2.75) is 12.1 Å². The molecule has 0 aromatic heterocycles. The molecule has 2 atom stereocenters. The van der Waals surface area contributed by atoms with Gasteiger partial charge in [0.05, 0.1) is 12.1 Å². The average molecular weight is 218 g/mol. The standard InChI is InChI=1S/C10H10N4O2/c11-14-13-9(7-4-2-1-3-5-7)8-6-16-10(15)12-8/h1-5,8-9H,6H2,(H,12,15)/t8-,9+/m1/s1. The van der Waals surface area contributed by atoms with Crippen molar-refractivity contribution in [1.82, 2.24) is 5.32 Å². The number of cyclic esters (lactones) is 1. The van der Waals surface area contributed by atoms with Crippen LogP contribution in [0.3, 0.4) is 0 Å². The molecule has 1 aliphatic rings. The van der Waals surface area contributed by atoms with E-state index in [1.807, 2.05) is 30.3 Å². The Morgan fingerprint density at radius 1 is 1.50 bits per heavy atom. The van der Waals surface area contributed by atoms with E-state index in [-0.39, 0.29) is 12.6 Å². The summed E-state index contributed by atoms with van der Waals surface area (Å²) in [7, 11) is 0. The highest BCUT2D eigenvalue weighted by Crippen LogP contribution is 2.23. The van der Waals surface area contributed by atoms with Gasteiger partial charge < -0.3 is 10.1 Å². The molecule has 1 aliphatic heterocycles. The second-order valence-corrected chi connectivity index (χ2v) is 3.41. The summed E-state index contributed by atoms with van der Waals surface area (Å²) in [5, 5.41) is 6.31. The second-order valence-electron chi connectivity index (χ2n) is 3.41. The zero-order chi connectivity index (χ0) is 11.4. The van der Waals surface area contributed by atoms with Gasteiger partial charge in [-0.15, -0.1) is 0 Å². The zero-order valence-electron chi connectivity index (χ0n) is 8.41. The molecule has 1 saturated heterocycles. The smallest absolute Gasteiger partial charge is 0.407 e. The van der Waals surface area contributed by atoms with Gasteiger partial charge in [-0.05, 0) is 11.1 Å². The van der Waals surface area contributed by atoms with Crippen LogP contribution >= 0.6 is 0 Å². The molecular formula is C10H10N4O2. The fourth-order valence-electron chi connectivity index (χ4n) is 1.66. The molecule has 1 aromatic rings. The Morgan fingerprint density at radius 2 is 2.25 bits per heavy atom. The molecule has 1 amide bonds. The van der Waals surface area contributed by atoms with E-state index in [2.05, 4.69) is 15.3 Å². The fourth-order valence-corrected chi connectivity index (χ4v) is 1.66. The quantitative estimate of drug-likeness (QED) is 0.478. The minimum atomic E-state index is -0.473. The van der Waals surface area contributed by atoms with Gasteiger partial charge in [0.15, 0.2) is 0 Å². The van der Waals surface area contributed by atoms with Crippen LogP contribution in [0.2, 0.25) is 0 Å². The molecule has 0 saturated carbocycles. The van der Waals surface area contributed by atoms with E-state index in [4.69, 9.17) is 10.3 Å². The van der Waals surface area contributed by atoms with Gasteiger partial charge in [0.1, 0.15) is 6.61 Å². The number of nitrogens with zero attached hydrogens (tertiary/aromatic N) is 3. The number of carbonyl (C=O) groups is 1. The van der Waals surface area contributed by atoms with E-state index in [1.54, 1.807) is 0 Å².